The summed E-state index contributed by atoms with van der Waals surface area (Å²) in [6.45, 7) is 0.467. The van der Waals surface area contributed by atoms with Crippen molar-refractivity contribution < 1.29 is 14.3 Å². The number of hydrogen-bond donors (Lipinski definition) is 1. The van der Waals surface area contributed by atoms with Crippen molar-refractivity contribution in [3.63, 3.8) is 0 Å². The van der Waals surface area contributed by atoms with Crippen molar-refractivity contribution >= 4 is 29.1 Å². The fourth-order valence-electron chi connectivity index (χ4n) is 2.15. The maximum atomic E-state index is 11.1. The molecule has 0 atom stereocenters. The van der Waals surface area contributed by atoms with Gasteiger partial charge in [-0.3, -0.25) is 4.79 Å². The summed E-state index contributed by atoms with van der Waals surface area (Å²) >= 11 is 1.33. The summed E-state index contributed by atoms with van der Waals surface area (Å²) in [4.78, 5) is 11.1. The second kappa shape index (κ2) is 8.34. The molecular weight excluding hydrogens is 338 g/mol. The van der Waals surface area contributed by atoms with Crippen LogP contribution in [0.2, 0.25) is 0 Å². The van der Waals surface area contributed by atoms with Crippen molar-refractivity contribution in [1.29, 1.82) is 0 Å². The predicted molar refractivity (Wildman–Crippen MR) is 99.4 cm³/mol. The van der Waals surface area contributed by atoms with E-state index >= 15 is 0 Å². The highest BCUT2D eigenvalue weighted by Gasteiger charge is 2.15. The lowest BCUT2D eigenvalue weighted by molar-refractivity contribution is -0.116. The molecule has 0 saturated carbocycles. The summed E-state index contributed by atoms with van der Waals surface area (Å²) in [5.74, 6) is 1.61. The maximum absolute atomic E-state index is 11.1. The number of rotatable bonds is 6. The zero-order valence-electron chi connectivity index (χ0n) is 13.6. The van der Waals surface area contributed by atoms with Gasteiger partial charge in [-0.1, -0.05) is 42.1 Å². The molecule has 3 rings (SSSR count). The molecule has 7 heteroatoms. The molecule has 1 fully saturated rings. The van der Waals surface area contributed by atoms with Gasteiger partial charge in [-0.05, 0) is 29.3 Å². The van der Waals surface area contributed by atoms with Crippen LogP contribution in [0.4, 0.5) is 0 Å². The maximum Gasteiger partial charge on any atom is 0.236 e. The van der Waals surface area contributed by atoms with Crippen LogP contribution in [0.1, 0.15) is 11.1 Å². The average Bonchev–Trinajstić information content (AvgIpc) is 3.06. The van der Waals surface area contributed by atoms with Gasteiger partial charge in [0.1, 0.15) is 6.61 Å². The lowest BCUT2D eigenvalue weighted by atomic mass is 10.2. The van der Waals surface area contributed by atoms with Crippen molar-refractivity contribution in [3.05, 3.63) is 59.7 Å². The number of nitrogens with one attached hydrogen (secondary N) is 1. The summed E-state index contributed by atoms with van der Waals surface area (Å²) in [6.07, 6.45) is 1.60. The molecule has 1 aliphatic heterocycles. The third kappa shape index (κ3) is 4.84. The van der Waals surface area contributed by atoms with E-state index < -0.39 is 0 Å². The Kier molecular flexibility index (Phi) is 5.69. The molecule has 25 heavy (non-hydrogen) atoms. The predicted octanol–water partition coefficient (Wildman–Crippen LogP) is 2.83. The van der Waals surface area contributed by atoms with E-state index in [0.717, 1.165) is 11.1 Å². The van der Waals surface area contributed by atoms with Gasteiger partial charge in [0.25, 0.3) is 0 Å². The number of nitrogens with zero attached hydrogens (tertiary/aromatic N) is 2. The van der Waals surface area contributed by atoms with Crippen LogP contribution in [0.5, 0.6) is 11.5 Å². The molecule has 0 unspecified atom stereocenters. The van der Waals surface area contributed by atoms with Gasteiger partial charge in [-0.15, -0.1) is 5.10 Å². The van der Waals surface area contributed by atoms with Crippen LogP contribution in [-0.4, -0.2) is 30.2 Å². The first kappa shape index (κ1) is 17.0. The Morgan fingerprint density at radius 3 is 2.76 bits per heavy atom. The Bertz CT molecular complexity index is 806. The van der Waals surface area contributed by atoms with E-state index in [2.05, 4.69) is 15.5 Å². The Morgan fingerprint density at radius 2 is 2.04 bits per heavy atom. The quantitative estimate of drug-likeness (QED) is 0.639. The summed E-state index contributed by atoms with van der Waals surface area (Å²) in [6, 6.07) is 15.5. The lowest BCUT2D eigenvalue weighted by Gasteiger charge is -2.11. The number of methoxy groups -OCH3 is 1. The second-order valence-electron chi connectivity index (χ2n) is 5.17. The number of amides is 1. The number of hydrogen-bond acceptors (Lipinski definition) is 6. The van der Waals surface area contributed by atoms with E-state index in [-0.39, 0.29) is 5.91 Å². The minimum Gasteiger partial charge on any atom is -0.493 e. The highest BCUT2D eigenvalue weighted by Crippen LogP contribution is 2.28. The fourth-order valence-corrected chi connectivity index (χ4v) is 2.78. The van der Waals surface area contributed by atoms with Gasteiger partial charge < -0.3 is 14.8 Å². The number of thioether (sulfide) groups is 1. The van der Waals surface area contributed by atoms with E-state index in [1.165, 1.54) is 11.8 Å². The first-order valence-electron chi connectivity index (χ1n) is 7.63. The van der Waals surface area contributed by atoms with Crippen LogP contribution < -0.4 is 14.8 Å². The summed E-state index contributed by atoms with van der Waals surface area (Å²) in [5.41, 5.74) is 1.91. The number of amidine groups is 1. The van der Waals surface area contributed by atoms with Crippen LogP contribution in [0.3, 0.4) is 0 Å². The van der Waals surface area contributed by atoms with Gasteiger partial charge in [0.15, 0.2) is 16.7 Å². The zero-order chi connectivity index (χ0) is 17.5. The molecule has 1 aliphatic rings. The van der Waals surface area contributed by atoms with E-state index in [0.29, 0.717) is 29.0 Å². The summed E-state index contributed by atoms with van der Waals surface area (Å²) in [7, 11) is 1.59. The molecular formula is C18H17N3O3S. The molecule has 0 aromatic heterocycles. The van der Waals surface area contributed by atoms with Gasteiger partial charge in [-0.2, -0.15) is 5.10 Å². The van der Waals surface area contributed by atoms with Crippen molar-refractivity contribution in [1.82, 2.24) is 5.32 Å². The van der Waals surface area contributed by atoms with Gasteiger partial charge in [0.05, 0.1) is 19.1 Å². The van der Waals surface area contributed by atoms with Gasteiger partial charge in [0.2, 0.25) is 5.91 Å². The molecule has 6 nitrogen and oxygen atoms in total. The smallest absolute Gasteiger partial charge is 0.236 e. The molecule has 0 radical (unpaired) electrons. The number of benzene rings is 2. The molecule has 1 saturated heterocycles. The molecule has 2 aromatic rings. The third-order valence-electron chi connectivity index (χ3n) is 3.37. The number of ether oxygens (including phenoxy) is 2. The average molecular weight is 355 g/mol. The Morgan fingerprint density at radius 1 is 1.20 bits per heavy atom. The number of carbonyl (C=O) groups excluding carboxylic acids is 1. The SMILES string of the molecule is COc1cc(/C=N\N=C2/NC(=O)CS2)ccc1OCc1ccccc1. The Hall–Kier alpha value is -2.80. The Balaban J connectivity index is 1.65. The van der Waals surface area contributed by atoms with E-state index in [1.807, 2.05) is 48.5 Å². The minimum absolute atomic E-state index is 0.0551. The zero-order valence-corrected chi connectivity index (χ0v) is 14.5. The minimum atomic E-state index is -0.0551. The normalized spacial score (nSPS) is 15.6. The van der Waals surface area contributed by atoms with E-state index in [4.69, 9.17) is 9.47 Å². The highest BCUT2D eigenvalue weighted by atomic mass is 32.2. The Labute approximate surface area is 149 Å². The second-order valence-corrected chi connectivity index (χ2v) is 6.14. The summed E-state index contributed by atoms with van der Waals surface area (Å²) in [5, 5.41) is 11.1. The van der Waals surface area contributed by atoms with E-state index in [1.54, 1.807) is 13.3 Å². The molecule has 0 aliphatic carbocycles. The first-order valence-corrected chi connectivity index (χ1v) is 8.61. The monoisotopic (exact) mass is 355 g/mol. The molecule has 2 aromatic carbocycles. The fraction of sp³-hybridized carbons (Fsp3) is 0.167. The van der Waals surface area contributed by atoms with Gasteiger partial charge >= 0.3 is 0 Å². The molecule has 128 valence electrons. The molecule has 0 bridgehead atoms. The molecule has 0 spiro atoms. The van der Waals surface area contributed by atoms with Crippen LogP contribution in [0.25, 0.3) is 0 Å². The van der Waals surface area contributed by atoms with Crippen molar-refractivity contribution in [2.75, 3.05) is 12.9 Å². The molecule has 1 amide bonds. The topological polar surface area (TPSA) is 72.3 Å². The van der Waals surface area contributed by atoms with Gasteiger partial charge in [0, 0.05) is 0 Å². The number of carbonyl (C=O) groups is 1. The largest absolute Gasteiger partial charge is 0.493 e. The third-order valence-corrected chi connectivity index (χ3v) is 4.23. The molecule has 1 heterocycles. The first-order chi connectivity index (χ1) is 12.2. The highest BCUT2D eigenvalue weighted by molar-refractivity contribution is 8.15. The van der Waals surface area contributed by atoms with Gasteiger partial charge in [-0.25, -0.2) is 0 Å². The van der Waals surface area contributed by atoms with Crippen molar-refractivity contribution in [2.24, 2.45) is 10.2 Å². The van der Waals surface area contributed by atoms with Crippen LogP contribution >= 0.6 is 11.8 Å². The van der Waals surface area contributed by atoms with Crippen LogP contribution in [0, 0.1) is 0 Å². The lowest BCUT2D eigenvalue weighted by Crippen LogP contribution is -2.19. The molecule has 1 N–H and O–H groups in total. The van der Waals surface area contributed by atoms with Crippen LogP contribution in [-0.2, 0) is 11.4 Å². The summed E-state index contributed by atoms with van der Waals surface area (Å²) < 4.78 is 11.2. The van der Waals surface area contributed by atoms with Crippen LogP contribution in [0.15, 0.2) is 58.7 Å². The standard InChI is InChI=1S/C18H17N3O3S/c1-23-16-9-14(10-19-21-18-20-17(22)12-25-18)7-8-15(16)24-11-13-5-3-2-4-6-13/h2-10H,11-12H2,1H3,(H,20,21,22)/b19-10-. The van der Waals surface area contributed by atoms with E-state index in [9.17, 15) is 4.79 Å². The van der Waals surface area contributed by atoms with Crippen molar-refractivity contribution in [2.45, 2.75) is 6.61 Å². The van der Waals surface area contributed by atoms with Crippen molar-refractivity contribution in [3.8, 4) is 11.5 Å².